The highest BCUT2D eigenvalue weighted by atomic mass is 35.5. The van der Waals surface area contributed by atoms with Crippen LogP contribution in [0.25, 0.3) is 0 Å². The van der Waals surface area contributed by atoms with Crippen molar-refractivity contribution >= 4 is 39.9 Å². The minimum atomic E-state index is -1.08. The molecule has 0 bridgehead atoms. The average Bonchev–Trinajstić information content (AvgIpc) is 2.78. The van der Waals surface area contributed by atoms with Crippen LogP contribution in [0.4, 0.5) is 5.13 Å². The third kappa shape index (κ3) is 2.66. The number of halogens is 1. The smallest absolute Gasteiger partial charge is 0.347 e. The van der Waals surface area contributed by atoms with Crippen LogP contribution in [0.1, 0.15) is 20.0 Å². The Bertz CT molecular complexity index is 612. The van der Waals surface area contributed by atoms with Crippen LogP contribution in [0.2, 0.25) is 5.02 Å². The van der Waals surface area contributed by atoms with E-state index >= 15 is 0 Å². The van der Waals surface area contributed by atoms with Crippen molar-refractivity contribution in [2.45, 2.75) is 0 Å². The number of hydrogen-bond donors (Lipinski definition) is 2. The minimum Gasteiger partial charge on any atom is -0.477 e. The molecular formula is C11H7ClN2O3S. The minimum absolute atomic E-state index is 0.0597. The van der Waals surface area contributed by atoms with Gasteiger partial charge in [-0.3, -0.25) is 10.1 Å². The van der Waals surface area contributed by atoms with Crippen LogP contribution in [0.15, 0.2) is 30.5 Å². The summed E-state index contributed by atoms with van der Waals surface area (Å²) in [6.07, 6.45) is 1.19. The maximum absolute atomic E-state index is 11.8. The second kappa shape index (κ2) is 5.16. The normalized spacial score (nSPS) is 10.1. The zero-order chi connectivity index (χ0) is 13.1. The van der Waals surface area contributed by atoms with Gasteiger partial charge in [-0.1, -0.05) is 35.1 Å². The van der Waals surface area contributed by atoms with Gasteiger partial charge in [-0.15, -0.1) is 0 Å². The fraction of sp³-hybridized carbons (Fsp3) is 0. The fourth-order valence-corrected chi connectivity index (χ4v) is 2.11. The van der Waals surface area contributed by atoms with Gasteiger partial charge in [0.15, 0.2) is 5.13 Å². The second-order valence-corrected chi connectivity index (χ2v) is 4.71. The van der Waals surface area contributed by atoms with E-state index in [2.05, 4.69) is 10.3 Å². The molecule has 0 radical (unpaired) electrons. The summed E-state index contributed by atoms with van der Waals surface area (Å²) in [7, 11) is 0. The van der Waals surface area contributed by atoms with Crippen molar-refractivity contribution in [1.82, 2.24) is 4.98 Å². The Balaban J connectivity index is 2.16. The SMILES string of the molecule is O=C(O)c1cnc(NC(=O)c2ccccc2Cl)s1. The zero-order valence-corrected chi connectivity index (χ0v) is 10.5. The molecule has 7 heteroatoms. The van der Waals surface area contributed by atoms with Gasteiger partial charge in [0.25, 0.3) is 5.91 Å². The Morgan fingerprint density at radius 2 is 2.06 bits per heavy atom. The standard InChI is InChI=1S/C11H7ClN2O3S/c12-7-4-2-1-3-6(7)9(15)14-11-13-5-8(18-11)10(16)17/h1-5H,(H,16,17)(H,13,14,15). The summed E-state index contributed by atoms with van der Waals surface area (Å²) in [5.74, 6) is -1.50. The first kappa shape index (κ1) is 12.5. The van der Waals surface area contributed by atoms with E-state index in [9.17, 15) is 9.59 Å². The van der Waals surface area contributed by atoms with Gasteiger partial charge in [-0.2, -0.15) is 0 Å². The van der Waals surface area contributed by atoms with Crippen LogP contribution in [0.3, 0.4) is 0 Å². The van der Waals surface area contributed by atoms with Crippen LogP contribution >= 0.6 is 22.9 Å². The van der Waals surface area contributed by atoms with Gasteiger partial charge in [-0.05, 0) is 12.1 Å². The number of thiazole rings is 1. The largest absolute Gasteiger partial charge is 0.477 e. The number of anilines is 1. The van der Waals surface area contributed by atoms with Crippen LogP contribution in [-0.2, 0) is 0 Å². The molecule has 0 aliphatic carbocycles. The summed E-state index contributed by atoms with van der Waals surface area (Å²) in [5.41, 5.74) is 0.311. The molecule has 18 heavy (non-hydrogen) atoms. The predicted octanol–water partition coefficient (Wildman–Crippen LogP) is 2.75. The fourth-order valence-electron chi connectivity index (χ4n) is 1.24. The summed E-state index contributed by atoms with van der Waals surface area (Å²) in [6.45, 7) is 0. The van der Waals surface area contributed by atoms with Crippen LogP contribution < -0.4 is 5.32 Å². The molecule has 1 aromatic heterocycles. The lowest BCUT2D eigenvalue weighted by molar-refractivity contribution is 0.0701. The highest BCUT2D eigenvalue weighted by Gasteiger charge is 2.13. The molecule has 0 saturated carbocycles. The van der Waals surface area contributed by atoms with E-state index in [-0.39, 0.29) is 10.0 Å². The van der Waals surface area contributed by atoms with Gasteiger partial charge in [0.05, 0.1) is 16.8 Å². The third-order valence-corrected chi connectivity index (χ3v) is 3.29. The molecule has 92 valence electrons. The molecule has 1 amide bonds. The molecule has 2 rings (SSSR count). The molecule has 2 aromatic rings. The number of carbonyl (C=O) groups is 2. The second-order valence-electron chi connectivity index (χ2n) is 3.27. The number of hydrogen-bond acceptors (Lipinski definition) is 4. The Kier molecular flexibility index (Phi) is 3.59. The Labute approximate surface area is 111 Å². The summed E-state index contributed by atoms with van der Waals surface area (Å²) < 4.78 is 0. The van der Waals surface area contributed by atoms with Gasteiger partial charge in [0, 0.05) is 0 Å². The van der Waals surface area contributed by atoms with Crippen LogP contribution in [0.5, 0.6) is 0 Å². The Morgan fingerprint density at radius 3 is 2.67 bits per heavy atom. The topological polar surface area (TPSA) is 79.3 Å². The van der Waals surface area contributed by atoms with Gasteiger partial charge >= 0.3 is 5.97 Å². The van der Waals surface area contributed by atoms with E-state index in [1.165, 1.54) is 6.20 Å². The van der Waals surface area contributed by atoms with Gasteiger partial charge < -0.3 is 5.11 Å². The maximum atomic E-state index is 11.8. The number of nitrogens with zero attached hydrogens (tertiary/aromatic N) is 1. The highest BCUT2D eigenvalue weighted by Crippen LogP contribution is 2.21. The number of rotatable bonds is 3. The summed E-state index contributed by atoms with van der Waals surface area (Å²) in [4.78, 5) is 26.4. The van der Waals surface area contributed by atoms with Crippen molar-refractivity contribution in [3.8, 4) is 0 Å². The lowest BCUT2D eigenvalue weighted by Gasteiger charge is -2.02. The summed E-state index contributed by atoms with van der Waals surface area (Å²) >= 11 is 6.75. The van der Waals surface area contributed by atoms with Crippen molar-refractivity contribution in [1.29, 1.82) is 0 Å². The molecule has 0 fully saturated rings. The molecule has 1 aromatic carbocycles. The van der Waals surface area contributed by atoms with Gasteiger partial charge in [-0.25, -0.2) is 9.78 Å². The molecular weight excluding hydrogens is 276 g/mol. The van der Waals surface area contributed by atoms with Gasteiger partial charge in [0.1, 0.15) is 4.88 Å². The lowest BCUT2D eigenvalue weighted by Crippen LogP contribution is -2.11. The molecule has 1 heterocycles. The molecule has 0 saturated heterocycles. The molecule has 0 spiro atoms. The van der Waals surface area contributed by atoms with E-state index in [0.29, 0.717) is 10.6 Å². The van der Waals surface area contributed by atoms with Crippen molar-refractivity contribution in [3.63, 3.8) is 0 Å². The number of carboxylic acid groups (broad SMARTS) is 1. The number of aromatic nitrogens is 1. The van der Waals surface area contributed by atoms with Crippen molar-refractivity contribution in [3.05, 3.63) is 45.9 Å². The maximum Gasteiger partial charge on any atom is 0.347 e. The van der Waals surface area contributed by atoms with Crippen molar-refractivity contribution in [2.24, 2.45) is 0 Å². The monoisotopic (exact) mass is 282 g/mol. The molecule has 0 aliphatic heterocycles. The van der Waals surface area contributed by atoms with E-state index in [1.54, 1.807) is 24.3 Å². The van der Waals surface area contributed by atoms with Gasteiger partial charge in [0.2, 0.25) is 0 Å². The third-order valence-electron chi connectivity index (χ3n) is 2.06. The first-order valence-electron chi connectivity index (χ1n) is 4.83. The van der Waals surface area contributed by atoms with E-state index in [1.807, 2.05) is 0 Å². The van der Waals surface area contributed by atoms with Crippen molar-refractivity contribution in [2.75, 3.05) is 5.32 Å². The quantitative estimate of drug-likeness (QED) is 0.907. The summed E-state index contributed by atoms with van der Waals surface area (Å²) in [5, 5.41) is 11.8. The number of aromatic carboxylic acids is 1. The number of amides is 1. The molecule has 0 aliphatic rings. The van der Waals surface area contributed by atoms with E-state index < -0.39 is 11.9 Å². The number of carbonyl (C=O) groups excluding carboxylic acids is 1. The zero-order valence-electron chi connectivity index (χ0n) is 8.88. The number of nitrogens with one attached hydrogen (secondary N) is 1. The average molecular weight is 283 g/mol. The predicted molar refractivity (Wildman–Crippen MR) is 68.5 cm³/mol. The van der Waals surface area contributed by atoms with E-state index in [0.717, 1.165) is 11.3 Å². The lowest BCUT2D eigenvalue weighted by atomic mass is 10.2. The number of carboxylic acids is 1. The van der Waals surface area contributed by atoms with Crippen molar-refractivity contribution < 1.29 is 14.7 Å². The molecule has 2 N–H and O–H groups in total. The first-order valence-corrected chi connectivity index (χ1v) is 6.02. The molecule has 0 atom stereocenters. The first-order chi connectivity index (χ1) is 8.58. The Morgan fingerprint density at radius 1 is 1.33 bits per heavy atom. The van der Waals surface area contributed by atoms with Crippen LogP contribution in [-0.4, -0.2) is 22.0 Å². The highest BCUT2D eigenvalue weighted by molar-refractivity contribution is 7.17. The summed E-state index contributed by atoms with van der Waals surface area (Å²) in [6, 6.07) is 6.57. The molecule has 5 nitrogen and oxygen atoms in total. The van der Waals surface area contributed by atoms with Crippen LogP contribution in [0, 0.1) is 0 Å². The number of benzene rings is 1. The van der Waals surface area contributed by atoms with E-state index in [4.69, 9.17) is 16.7 Å². The Hall–Kier alpha value is -1.92. The molecule has 0 unspecified atom stereocenters.